The maximum Gasteiger partial charge on any atom is 0.254 e. The molecule has 0 aromatic heterocycles. The van der Waals surface area contributed by atoms with Crippen molar-refractivity contribution in [3.8, 4) is 17.2 Å². The van der Waals surface area contributed by atoms with Crippen LogP contribution in [0.25, 0.3) is 11.1 Å². The van der Waals surface area contributed by atoms with Crippen LogP contribution in [0, 0.1) is 11.3 Å². The van der Waals surface area contributed by atoms with Gasteiger partial charge in [0.25, 0.3) is 5.91 Å². The van der Waals surface area contributed by atoms with Crippen LogP contribution in [0.1, 0.15) is 22.3 Å². The molecule has 4 rings (SSSR count). The Morgan fingerprint density at radius 3 is 2.53 bits per heavy atom. The minimum absolute atomic E-state index is 0.153. The van der Waals surface area contributed by atoms with E-state index in [1.807, 2.05) is 43.4 Å². The molecular weight excluding hydrogens is 478 g/mol. The molecular formula is C28H28ClN3O4. The molecule has 0 fully saturated rings. The second kappa shape index (κ2) is 13.0. The second-order valence-electron chi connectivity index (χ2n) is 8.38. The van der Waals surface area contributed by atoms with Crippen LogP contribution < -0.4 is 5.32 Å². The van der Waals surface area contributed by atoms with Gasteiger partial charge in [0, 0.05) is 24.7 Å². The molecule has 1 heterocycles. The summed E-state index contributed by atoms with van der Waals surface area (Å²) < 4.78 is 0. The number of hydrogen-bond donors (Lipinski definition) is 3. The summed E-state index contributed by atoms with van der Waals surface area (Å²) in [6.07, 6.45) is -2.60. The number of aliphatic hydroxyl groups is 2. The molecule has 3 aromatic carbocycles. The smallest absolute Gasteiger partial charge is 0.254 e. The average molecular weight is 506 g/mol. The van der Waals surface area contributed by atoms with Gasteiger partial charge in [-0.05, 0) is 59.5 Å². The summed E-state index contributed by atoms with van der Waals surface area (Å²) in [6.45, 7) is 1.63. The Morgan fingerprint density at radius 1 is 1.14 bits per heavy atom. The van der Waals surface area contributed by atoms with Crippen LogP contribution in [0.4, 0.5) is 0 Å². The molecule has 0 saturated carbocycles. The zero-order valence-corrected chi connectivity index (χ0v) is 20.7. The number of carbonyl (C=O) groups excluding carboxylic acids is 2. The number of benzene rings is 3. The summed E-state index contributed by atoms with van der Waals surface area (Å²) in [5, 5.41) is 31.5. The lowest BCUT2D eigenvalue weighted by Gasteiger charge is -2.31. The number of aliphatic hydroxyl groups excluding tert-OH is 2. The maximum absolute atomic E-state index is 11.9. The highest BCUT2D eigenvalue weighted by Gasteiger charge is 2.30. The van der Waals surface area contributed by atoms with Gasteiger partial charge in [0.05, 0.1) is 11.6 Å². The number of nitrogens with zero attached hydrogens (tertiary/aromatic N) is 2. The quantitative estimate of drug-likeness (QED) is 0.444. The molecule has 3 aromatic rings. The van der Waals surface area contributed by atoms with Gasteiger partial charge in [0.2, 0.25) is 0 Å². The van der Waals surface area contributed by atoms with Gasteiger partial charge in [-0.25, -0.2) is 0 Å². The molecule has 1 aliphatic heterocycles. The highest BCUT2D eigenvalue weighted by Crippen LogP contribution is 2.24. The number of amides is 1. The highest BCUT2D eigenvalue weighted by molar-refractivity contribution is 6.30. The predicted molar refractivity (Wildman–Crippen MR) is 138 cm³/mol. The van der Waals surface area contributed by atoms with Crippen LogP contribution >= 0.6 is 11.6 Å². The Hall–Kier alpha value is -3.54. The van der Waals surface area contributed by atoms with Gasteiger partial charge in [-0.3, -0.25) is 4.79 Å². The fourth-order valence-electron chi connectivity index (χ4n) is 3.96. The Morgan fingerprint density at radius 2 is 1.86 bits per heavy atom. The van der Waals surface area contributed by atoms with E-state index < -0.39 is 18.1 Å². The molecule has 7 nitrogen and oxygen atoms in total. The van der Waals surface area contributed by atoms with E-state index in [0.717, 1.165) is 28.8 Å². The third kappa shape index (κ3) is 6.78. The molecule has 186 valence electrons. The van der Waals surface area contributed by atoms with E-state index >= 15 is 0 Å². The molecule has 2 atom stereocenters. The van der Waals surface area contributed by atoms with Gasteiger partial charge in [-0.2, -0.15) is 5.26 Å². The van der Waals surface area contributed by atoms with Crippen LogP contribution in [0.2, 0.25) is 5.02 Å². The number of nitriles is 1. The normalized spacial score (nSPS) is 13.9. The van der Waals surface area contributed by atoms with Crippen LogP contribution in [-0.2, 0) is 29.1 Å². The number of nitrogens with one attached hydrogen (secondary N) is 1. The molecule has 0 saturated heterocycles. The first-order valence-corrected chi connectivity index (χ1v) is 11.9. The van der Waals surface area contributed by atoms with E-state index in [9.17, 15) is 19.8 Å². The van der Waals surface area contributed by atoms with Crippen molar-refractivity contribution in [1.29, 1.82) is 5.26 Å². The van der Waals surface area contributed by atoms with Crippen molar-refractivity contribution in [2.45, 2.75) is 31.7 Å². The molecule has 3 N–H and O–H groups in total. The number of aldehydes is 1. The van der Waals surface area contributed by atoms with E-state index in [1.165, 1.54) is 10.5 Å². The minimum atomic E-state index is -1.70. The van der Waals surface area contributed by atoms with Gasteiger partial charge in [-0.1, -0.05) is 60.1 Å². The second-order valence-corrected chi connectivity index (χ2v) is 8.82. The Labute approximate surface area is 215 Å². The molecule has 1 amide bonds. The molecule has 0 bridgehead atoms. The summed E-state index contributed by atoms with van der Waals surface area (Å²) in [4.78, 5) is 23.7. The van der Waals surface area contributed by atoms with Crippen molar-refractivity contribution in [2.75, 3.05) is 13.6 Å². The lowest BCUT2D eigenvalue weighted by molar-refractivity contribution is -0.149. The number of halogens is 1. The lowest BCUT2D eigenvalue weighted by atomic mass is 9.99. The summed E-state index contributed by atoms with van der Waals surface area (Å²) in [6, 6.07) is 23.6. The van der Waals surface area contributed by atoms with Crippen molar-refractivity contribution >= 4 is 23.8 Å². The van der Waals surface area contributed by atoms with Gasteiger partial charge in [0.1, 0.15) is 6.10 Å². The van der Waals surface area contributed by atoms with E-state index in [4.69, 9.17) is 16.9 Å². The molecule has 0 unspecified atom stereocenters. The van der Waals surface area contributed by atoms with E-state index in [0.29, 0.717) is 30.1 Å². The third-order valence-electron chi connectivity index (χ3n) is 5.90. The topological polar surface area (TPSA) is 114 Å². The molecule has 0 aliphatic carbocycles. The fraction of sp³-hybridized carbons (Fsp3) is 0.250. The van der Waals surface area contributed by atoms with E-state index in [1.54, 1.807) is 6.07 Å². The SMILES string of the molecule is CNCc1ccc(-c2ccccc2C#N)cc1.O=C[C@H](O)[C@@H](O)C(=O)N1CCc2cc(Cl)ccc2C1. The first kappa shape index (κ1) is 27.1. The Balaban J connectivity index is 0.000000202. The van der Waals surface area contributed by atoms with Crippen molar-refractivity contribution in [3.63, 3.8) is 0 Å². The summed E-state index contributed by atoms with van der Waals surface area (Å²) in [5.41, 5.74) is 6.06. The number of fused-ring (bicyclic) bond motifs is 1. The van der Waals surface area contributed by atoms with Crippen molar-refractivity contribution in [1.82, 2.24) is 10.2 Å². The number of carbonyl (C=O) groups is 2. The lowest BCUT2D eigenvalue weighted by Crippen LogP contribution is -2.47. The largest absolute Gasteiger partial charge is 0.382 e. The summed E-state index contributed by atoms with van der Waals surface area (Å²) >= 11 is 5.89. The zero-order chi connectivity index (χ0) is 26.1. The van der Waals surface area contributed by atoms with Crippen molar-refractivity contribution in [2.24, 2.45) is 0 Å². The Bertz CT molecular complexity index is 1240. The highest BCUT2D eigenvalue weighted by atomic mass is 35.5. The Kier molecular flexibility index (Phi) is 9.74. The van der Waals surface area contributed by atoms with Gasteiger partial charge >= 0.3 is 0 Å². The maximum atomic E-state index is 11.9. The van der Waals surface area contributed by atoms with Gasteiger partial charge in [0.15, 0.2) is 12.4 Å². The van der Waals surface area contributed by atoms with Crippen LogP contribution in [0.3, 0.4) is 0 Å². The van der Waals surface area contributed by atoms with Crippen LogP contribution in [-0.4, -0.2) is 53.1 Å². The standard InChI is InChI=1S/C15H14N2.C13H14ClNO4/c1-17-11-12-6-8-13(9-7-12)15-5-3-2-4-14(15)10-16;14-10-2-1-9-6-15(4-3-8(9)5-10)13(19)12(18)11(17)7-16/h2-9,17H,11H2,1H3;1-2,5,7,11-12,17-18H,3-4,6H2/t;11-,12+/m.0/s1. The first-order chi connectivity index (χ1) is 17.4. The van der Waals surface area contributed by atoms with Crippen molar-refractivity contribution in [3.05, 3.63) is 94.0 Å². The van der Waals surface area contributed by atoms with E-state index in [2.05, 4.69) is 35.7 Å². The van der Waals surface area contributed by atoms with Gasteiger partial charge < -0.3 is 25.2 Å². The van der Waals surface area contributed by atoms with Crippen LogP contribution in [0.15, 0.2) is 66.7 Å². The monoisotopic (exact) mass is 505 g/mol. The fourth-order valence-corrected chi connectivity index (χ4v) is 4.15. The molecule has 1 aliphatic rings. The molecule has 8 heteroatoms. The average Bonchev–Trinajstić information content (AvgIpc) is 2.92. The van der Waals surface area contributed by atoms with E-state index in [-0.39, 0.29) is 6.29 Å². The van der Waals surface area contributed by atoms with Crippen LogP contribution in [0.5, 0.6) is 0 Å². The molecule has 0 spiro atoms. The van der Waals surface area contributed by atoms with Gasteiger partial charge in [-0.15, -0.1) is 0 Å². The zero-order valence-electron chi connectivity index (χ0n) is 19.9. The van der Waals surface area contributed by atoms with Crippen molar-refractivity contribution < 1.29 is 19.8 Å². The summed E-state index contributed by atoms with van der Waals surface area (Å²) in [7, 11) is 1.93. The first-order valence-electron chi connectivity index (χ1n) is 11.5. The third-order valence-corrected chi connectivity index (χ3v) is 6.14. The number of hydrogen-bond acceptors (Lipinski definition) is 6. The summed E-state index contributed by atoms with van der Waals surface area (Å²) in [5.74, 6) is -0.639. The number of rotatable bonds is 6. The minimum Gasteiger partial charge on any atom is -0.382 e. The molecule has 36 heavy (non-hydrogen) atoms. The molecule has 0 radical (unpaired) electrons. The predicted octanol–water partition coefficient (Wildman–Crippen LogP) is 3.09.